The number of halogens is 4. The van der Waals surface area contributed by atoms with Crippen LogP contribution in [0.15, 0.2) is 102 Å². The minimum absolute atomic E-state index is 0.00119. The number of benzene rings is 3. The van der Waals surface area contributed by atoms with Crippen LogP contribution in [0.4, 0.5) is 22.4 Å². The van der Waals surface area contributed by atoms with Crippen LogP contribution >= 0.6 is 126 Å². The molecule has 15 heterocycles. The lowest BCUT2D eigenvalue weighted by molar-refractivity contribution is 0.0498. The Labute approximate surface area is 911 Å². The lowest BCUT2D eigenvalue weighted by atomic mass is 9.98. The number of rotatable bonds is 10. The average Bonchev–Trinajstić information content (AvgIpc) is 1.58. The number of thiophene rings is 7. The van der Waals surface area contributed by atoms with Gasteiger partial charge in [0.05, 0.1) is 105 Å². The number of nitrogen functional groups attached to an aromatic ring is 1. The maximum atomic E-state index is 14.0. The molecule has 41 heteroatoms. The fourth-order valence-corrected chi connectivity index (χ4v) is 31.0. The summed E-state index contributed by atoms with van der Waals surface area (Å²) in [6.07, 6.45) is 34.1. The largest absolute Gasteiger partial charge is 0.465 e. The number of nitriles is 3. The van der Waals surface area contributed by atoms with Gasteiger partial charge < -0.3 is 41.0 Å². The van der Waals surface area contributed by atoms with Crippen molar-refractivity contribution in [3.8, 4) is 18.2 Å². The van der Waals surface area contributed by atoms with E-state index in [2.05, 4.69) is 72.9 Å². The molecule has 30 nitrogen and oxygen atoms in total. The van der Waals surface area contributed by atoms with Crippen molar-refractivity contribution in [1.29, 1.82) is 15.8 Å². The Hall–Kier alpha value is -11.9. The molecule has 150 heavy (non-hydrogen) atoms. The third-order valence-electron chi connectivity index (χ3n) is 28.6. The molecule has 25 rings (SSSR count). The molecule has 0 saturated carbocycles. The number of aromatic amines is 3. The van der Waals surface area contributed by atoms with Gasteiger partial charge >= 0.3 is 17.8 Å². The number of carbonyl (C=O) groups is 2. The molecule has 13 aromatic heterocycles. The van der Waals surface area contributed by atoms with Gasteiger partial charge in [-0.1, -0.05) is 66.2 Å². The van der Waals surface area contributed by atoms with Crippen molar-refractivity contribution in [2.45, 2.75) is 264 Å². The first-order valence-corrected chi connectivity index (χ1v) is 58.4. The summed E-state index contributed by atoms with van der Waals surface area (Å²) in [5.74, 6) is 0.996. The van der Waals surface area contributed by atoms with Gasteiger partial charge in [0.25, 0.3) is 27.8 Å². The molecule has 16 aromatic rings. The molecule has 8 N–H and O–H groups in total. The zero-order chi connectivity index (χ0) is 105. The Morgan fingerprint density at radius 3 is 1.28 bits per heavy atom. The van der Waals surface area contributed by atoms with E-state index in [0.29, 0.717) is 78.0 Å². The number of nitrogens with one attached hydrogen (secondary N) is 4. The second kappa shape index (κ2) is 47.2. The number of H-pyrrole nitrogens is 3. The first-order chi connectivity index (χ1) is 72.6. The lowest BCUT2D eigenvalue weighted by Gasteiger charge is -2.35. The number of methoxy groups -OCH3 is 1. The van der Waals surface area contributed by atoms with Crippen LogP contribution in [0.3, 0.4) is 0 Å². The van der Waals surface area contributed by atoms with Gasteiger partial charge in [0.1, 0.15) is 34.0 Å². The van der Waals surface area contributed by atoms with Crippen molar-refractivity contribution in [3.05, 3.63) is 267 Å². The number of aromatic nitrogens is 12. The van der Waals surface area contributed by atoms with E-state index in [-0.39, 0.29) is 74.8 Å². The second-order valence-electron chi connectivity index (χ2n) is 39.8. The van der Waals surface area contributed by atoms with Crippen LogP contribution in [0.1, 0.15) is 252 Å². The number of ether oxygens (including phenoxy) is 2. The van der Waals surface area contributed by atoms with Crippen molar-refractivity contribution < 1.29 is 19.1 Å². The van der Waals surface area contributed by atoms with Crippen molar-refractivity contribution >= 4 is 217 Å². The molecule has 3 aromatic carbocycles. The van der Waals surface area contributed by atoms with Crippen LogP contribution in [0, 0.1) is 34.0 Å². The maximum Gasteiger partial charge on any atom is 0.407 e. The Balaban J connectivity index is 0.000000113. The zero-order valence-electron chi connectivity index (χ0n) is 83.5. The summed E-state index contributed by atoms with van der Waals surface area (Å²) >= 11 is 35.0. The summed E-state index contributed by atoms with van der Waals surface area (Å²) in [5, 5.41) is 32.5. The van der Waals surface area contributed by atoms with Gasteiger partial charge in [-0.25, -0.2) is 44.3 Å². The number of hydrogen-bond acceptors (Lipinski definition) is 30. The molecule has 0 spiro atoms. The summed E-state index contributed by atoms with van der Waals surface area (Å²) in [7, 11) is 1.39. The van der Waals surface area contributed by atoms with Gasteiger partial charge in [-0.2, -0.15) is 15.8 Å². The third-order valence-corrected chi connectivity index (χ3v) is 38.5. The van der Waals surface area contributed by atoms with Gasteiger partial charge in [0.2, 0.25) is 27.7 Å². The number of anilines is 3. The molecular weight excluding hydrogens is 2120 g/mol. The summed E-state index contributed by atoms with van der Waals surface area (Å²) in [6, 6.07) is 28.7. The van der Waals surface area contributed by atoms with Crippen LogP contribution in [0.25, 0.3) is 61.3 Å². The van der Waals surface area contributed by atoms with Crippen molar-refractivity contribution in [3.63, 3.8) is 0 Å². The normalized spacial score (nSPS) is 16.4. The number of nitrogens with zero attached hydrogens (tertiary/aromatic N) is 14. The number of aryl methyl sites for hydroxylation is 13. The van der Waals surface area contributed by atoms with Crippen LogP contribution in [0.2, 0.25) is 21.0 Å². The van der Waals surface area contributed by atoms with Crippen molar-refractivity contribution in [2.24, 2.45) is 5.73 Å². The van der Waals surface area contributed by atoms with Crippen molar-refractivity contribution in [1.82, 2.24) is 63.9 Å². The molecule has 1 amide bonds. The molecule has 778 valence electrons. The van der Waals surface area contributed by atoms with E-state index < -0.39 is 17.4 Å². The molecule has 0 radical (unpaired) electrons. The van der Waals surface area contributed by atoms with Crippen LogP contribution in [0.5, 0.6) is 0 Å². The molecule has 7 aliphatic carbocycles. The number of nitrogens with two attached hydrogens (primary N) is 2. The third kappa shape index (κ3) is 23.2. The molecule has 9 aliphatic rings. The molecular formula is C109H112Cl4N20O10S7. The highest BCUT2D eigenvalue weighted by Crippen LogP contribution is 2.44. The van der Waals surface area contributed by atoms with E-state index in [1.165, 1.54) is 159 Å². The van der Waals surface area contributed by atoms with E-state index in [9.17, 15) is 54.1 Å². The van der Waals surface area contributed by atoms with Crippen LogP contribution in [-0.2, 0) is 119 Å². The quantitative estimate of drug-likeness (QED) is 0.0421. The Morgan fingerprint density at radius 1 is 0.440 bits per heavy atom. The van der Waals surface area contributed by atoms with Crippen LogP contribution < -0.4 is 60.1 Å². The summed E-state index contributed by atoms with van der Waals surface area (Å²) in [6.45, 7) is 9.21. The number of fused-ring (bicyclic) bond motifs is 19. The minimum atomic E-state index is -0.572. The molecule has 2 aliphatic heterocycles. The average molecular weight is 2230 g/mol. The van der Waals surface area contributed by atoms with Gasteiger partial charge in [0, 0.05) is 72.4 Å². The Bertz CT molecular complexity index is 8440. The van der Waals surface area contributed by atoms with Crippen molar-refractivity contribution in [2.75, 3.05) is 48.8 Å². The standard InChI is InChI=1S/C28H33N5O3S.C23H25N5OS.C18H14ClN3OS.C10H8Cl2N2S.C10H9ClN2OS.C10H10N2O2S.C10H13NO2S/c1-28(2,3)36-27(35)30-20-11-8-14-32(17-20)26-31-23-21-12-6-7-13-22(21)37-24(23)25(34)33(26)16-19-10-5-4-9-18(19)15-29;24-12-15-6-1-2-7-16(15)13-28-22(29)21-20(18-9-3-4-10-19(18)30-21)26-23(28)27-11-5-8-17(25)14-27;19-18-21-15-13-7-3-4-8-14(13)24-16(15)17(23)22(18)10-12-6-2-1-5-11(12)9-20;11-9-8-7(13-10(12)14-9)5-3-1-2-4-6(5)15-8;11-10-12-7-5-3-1-2-4-6(5)15-8(7)9(14)13-10;13-9-8-7(11-10(14)12-9)5-3-1-2-4-6(5)15-8;1-13-10(12)9-8(11)6-4-2-3-5-7(6)14-9/h4-5,9-10,20H,6-8,11-14,16-17H2,1-3H3,(H,30,35);1-2,6-7,17H,3-5,8-11,13-14,25H2;1-2,5-6H,3-4,7-8,10H2;1-4H2;1-4H2,(H,12,13,14);1-4H2,(H2,11,12,13,14);2-5,11H2,1H3/t20-;17-;;;;;/m00...../s1. The fourth-order valence-electron chi connectivity index (χ4n) is 21.4. The number of alkyl carbamates (subject to hydrolysis) is 1. The second-order valence-corrected chi connectivity index (χ2v) is 48.9. The van der Waals surface area contributed by atoms with E-state index in [1.54, 1.807) is 90.1 Å². The van der Waals surface area contributed by atoms with E-state index >= 15 is 0 Å². The van der Waals surface area contributed by atoms with E-state index in [1.807, 2.05) is 69.3 Å². The minimum Gasteiger partial charge on any atom is -0.465 e. The zero-order valence-corrected chi connectivity index (χ0v) is 92.3. The van der Waals surface area contributed by atoms with E-state index in [4.69, 9.17) is 72.6 Å². The Kier molecular flexibility index (Phi) is 33.5. The first kappa shape index (κ1) is 107. The first-order valence-electron chi connectivity index (χ1n) is 51.2. The Morgan fingerprint density at radius 2 is 0.820 bits per heavy atom. The highest BCUT2D eigenvalue weighted by molar-refractivity contribution is 7.21. The number of carbonyl (C=O) groups excluding carboxylic acids is 2. The highest BCUT2D eigenvalue weighted by atomic mass is 35.5. The number of hydrogen-bond donors (Lipinski definition) is 6. The van der Waals surface area contributed by atoms with Gasteiger partial charge in [0.15, 0.2) is 5.15 Å². The van der Waals surface area contributed by atoms with Gasteiger partial charge in [-0.3, -0.25) is 47.6 Å². The predicted molar refractivity (Wildman–Crippen MR) is 604 cm³/mol. The maximum absolute atomic E-state index is 14.0. The summed E-state index contributed by atoms with van der Waals surface area (Å²) < 4.78 is 19.6. The number of piperidine rings is 2. The summed E-state index contributed by atoms with van der Waals surface area (Å²) in [5.41, 5.74) is 29.1. The molecule has 2 atom stereocenters. The molecule has 2 saturated heterocycles. The van der Waals surface area contributed by atoms with Crippen LogP contribution in [-0.4, -0.2) is 122 Å². The lowest BCUT2D eigenvalue weighted by Crippen LogP contribution is -2.50. The SMILES string of the molecule is CC(C)(C)OC(=O)N[C@H]1CCCN(c2nc3c4c(sc3c(=O)n2Cc2ccccc2C#N)CCCC4)C1.COC(=O)c1sc2c(c1N)CCCC2.Clc1nc(Cl)c2sc3c(c2n1)CCCC3.N#Cc1ccccc1Cn1c(Cl)nc2c3c(sc2c1=O)CCCC3.N#Cc1ccccc1Cn1c(N2CCC[C@H](N)C2)nc2c3c(sc2c1=O)CCCC3.O=c1[nH]c(=O)c2sc3c(c2[nH]1)CCCC3.O=c1[nH]c(Cl)nc2c3c(sc12)CCCC3. The summed E-state index contributed by atoms with van der Waals surface area (Å²) in [4.78, 5) is 148. The smallest absolute Gasteiger partial charge is 0.407 e. The van der Waals surface area contributed by atoms with Gasteiger partial charge in [-0.15, -0.1) is 79.4 Å². The van der Waals surface area contributed by atoms with Gasteiger partial charge in [-0.05, 0) is 335 Å². The predicted octanol–water partition coefficient (Wildman–Crippen LogP) is 21.4. The topological polar surface area (TPSA) is 436 Å². The number of amides is 1. The molecule has 0 bridgehead atoms. The fraction of sp³-hybridized carbons (Fsp3) is 0.422. The molecule has 2 fully saturated rings. The monoisotopic (exact) mass is 2220 g/mol. The highest BCUT2D eigenvalue weighted by Gasteiger charge is 2.35. The van der Waals surface area contributed by atoms with E-state index in [0.717, 1.165) is 231 Å². The molecule has 0 unspecified atom stereocenters. The number of esters is 1.